The fourth-order valence-corrected chi connectivity index (χ4v) is 1.72. The van der Waals surface area contributed by atoms with Gasteiger partial charge in [-0.25, -0.2) is 0 Å². The summed E-state index contributed by atoms with van der Waals surface area (Å²) < 4.78 is 5.26. The highest BCUT2D eigenvalue weighted by Gasteiger charge is 2.23. The van der Waals surface area contributed by atoms with Gasteiger partial charge in [0.2, 0.25) is 0 Å². The molecule has 2 N–H and O–H groups in total. The Morgan fingerprint density at radius 2 is 2.33 bits per heavy atom. The van der Waals surface area contributed by atoms with Crippen LogP contribution in [-0.2, 0) is 4.74 Å². The molecule has 1 fully saturated rings. The molecule has 0 amide bonds. The molecule has 0 spiro atoms. The molecule has 0 aromatic rings. The molecule has 0 aromatic heterocycles. The molecule has 72 valence electrons. The highest BCUT2D eigenvalue weighted by Crippen LogP contribution is 2.20. The van der Waals surface area contributed by atoms with Crippen LogP contribution in [0.2, 0.25) is 0 Å². The van der Waals surface area contributed by atoms with Crippen LogP contribution < -0.4 is 5.32 Å². The molecule has 1 aliphatic carbocycles. The van der Waals surface area contributed by atoms with Gasteiger partial charge in [0.25, 0.3) is 0 Å². The van der Waals surface area contributed by atoms with Crippen molar-refractivity contribution >= 4 is 0 Å². The highest BCUT2D eigenvalue weighted by molar-refractivity contribution is 4.80. The van der Waals surface area contributed by atoms with Gasteiger partial charge in [0.15, 0.2) is 0 Å². The van der Waals surface area contributed by atoms with Gasteiger partial charge in [-0.1, -0.05) is 0 Å². The van der Waals surface area contributed by atoms with Gasteiger partial charge >= 0.3 is 0 Å². The number of aliphatic hydroxyl groups excluding tert-OH is 1. The normalized spacial score (nSPS) is 29.5. The van der Waals surface area contributed by atoms with Gasteiger partial charge in [-0.05, 0) is 32.2 Å². The van der Waals surface area contributed by atoms with Gasteiger partial charge in [0.05, 0.1) is 6.10 Å². The number of nitrogens with one attached hydrogen (secondary N) is 1. The number of ether oxygens (including phenoxy) is 1. The lowest BCUT2D eigenvalue weighted by Gasteiger charge is -2.11. The first kappa shape index (κ1) is 9.96. The van der Waals surface area contributed by atoms with Crippen molar-refractivity contribution < 1.29 is 9.84 Å². The van der Waals surface area contributed by atoms with Crippen LogP contribution in [0, 0.1) is 0 Å². The third-order valence-corrected chi connectivity index (χ3v) is 2.49. The first-order valence-electron chi connectivity index (χ1n) is 4.74. The maximum absolute atomic E-state index is 8.57. The summed E-state index contributed by atoms with van der Waals surface area (Å²) in [5.41, 5.74) is 0. The first-order valence-corrected chi connectivity index (χ1v) is 4.74. The van der Waals surface area contributed by atoms with Gasteiger partial charge in [0, 0.05) is 19.8 Å². The van der Waals surface area contributed by atoms with E-state index in [1.54, 1.807) is 7.11 Å². The molecule has 0 heterocycles. The molecule has 0 aliphatic heterocycles. The Labute approximate surface area is 74.1 Å². The first-order chi connectivity index (χ1) is 5.86. The summed E-state index contributed by atoms with van der Waals surface area (Å²) in [5, 5.41) is 12.0. The van der Waals surface area contributed by atoms with E-state index in [1.165, 1.54) is 12.8 Å². The molecule has 3 heteroatoms. The third-order valence-electron chi connectivity index (χ3n) is 2.49. The minimum Gasteiger partial charge on any atom is -0.396 e. The largest absolute Gasteiger partial charge is 0.396 e. The van der Waals surface area contributed by atoms with Crippen LogP contribution in [0.25, 0.3) is 0 Å². The lowest BCUT2D eigenvalue weighted by atomic mass is 10.2. The number of hydrogen-bond acceptors (Lipinski definition) is 3. The molecule has 1 aliphatic rings. The second-order valence-electron chi connectivity index (χ2n) is 3.40. The highest BCUT2D eigenvalue weighted by atomic mass is 16.5. The van der Waals surface area contributed by atoms with Crippen molar-refractivity contribution in [2.75, 3.05) is 20.3 Å². The van der Waals surface area contributed by atoms with Crippen molar-refractivity contribution in [3.8, 4) is 0 Å². The van der Waals surface area contributed by atoms with Crippen molar-refractivity contribution in [3.63, 3.8) is 0 Å². The number of aliphatic hydroxyl groups is 1. The molecule has 2 unspecified atom stereocenters. The van der Waals surface area contributed by atoms with Crippen LogP contribution in [-0.4, -0.2) is 37.5 Å². The molecule has 2 atom stereocenters. The smallest absolute Gasteiger partial charge is 0.0586 e. The van der Waals surface area contributed by atoms with Gasteiger partial charge < -0.3 is 15.2 Å². The second kappa shape index (κ2) is 5.51. The van der Waals surface area contributed by atoms with E-state index in [9.17, 15) is 0 Å². The monoisotopic (exact) mass is 173 g/mol. The Hall–Kier alpha value is -0.120. The Bertz CT molecular complexity index is 119. The van der Waals surface area contributed by atoms with E-state index in [-0.39, 0.29) is 6.61 Å². The molecule has 0 radical (unpaired) electrons. The summed E-state index contributed by atoms with van der Waals surface area (Å²) in [5.74, 6) is 0. The van der Waals surface area contributed by atoms with E-state index in [2.05, 4.69) is 5.32 Å². The van der Waals surface area contributed by atoms with Crippen molar-refractivity contribution in [2.24, 2.45) is 0 Å². The van der Waals surface area contributed by atoms with Gasteiger partial charge in [-0.3, -0.25) is 0 Å². The summed E-state index contributed by atoms with van der Waals surface area (Å²) in [7, 11) is 1.78. The predicted octanol–water partition coefficient (Wildman–Crippen LogP) is 0.526. The average molecular weight is 173 g/mol. The number of hydrogen-bond donors (Lipinski definition) is 2. The molecule has 0 bridgehead atoms. The summed E-state index contributed by atoms with van der Waals surface area (Å²) in [6.07, 6.45) is 4.82. The lowest BCUT2D eigenvalue weighted by molar-refractivity contribution is 0.107. The Morgan fingerprint density at radius 1 is 1.50 bits per heavy atom. The molecule has 1 saturated carbocycles. The van der Waals surface area contributed by atoms with Crippen LogP contribution in [0.4, 0.5) is 0 Å². The van der Waals surface area contributed by atoms with E-state index in [4.69, 9.17) is 9.84 Å². The van der Waals surface area contributed by atoms with Crippen LogP contribution >= 0.6 is 0 Å². The number of rotatable bonds is 5. The minimum atomic E-state index is 0.285. The van der Waals surface area contributed by atoms with Gasteiger partial charge in [-0.2, -0.15) is 0 Å². The SMILES string of the molecule is COC1CCC(NCCCO)C1. The lowest BCUT2D eigenvalue weighted by Crippen LogP contribution is -2.28. The Morgan fingerprint density at radius 3 is 2.92 bits per heavy atom. The standard InChI is InChI=1S/C9H19NO2/c1-12-9-4-3-8(7-9)10-5-2-6-11/h8-11H,2-7H2,1H3. The maximum Gasteiger partial charge on any atom is 0.0586 e. The Balaban J connectivity index is 2.03. The van der Waals surface area contributed by atoms with E-state index < -0.39 is 0 Å². The fraction of sp³-hybridized carbons (Fsp3) is 1.00. The maximum atomic E-state index is 8.57. The summed E-state index contributed by atoms with van der Waals surface area (Å²) in [6, 6.07) is 0.612. The van der Waals surface area contributed by atoms with E-state index in [1.807, 2.05) is 0 Å². The average Bonchev–Trinajstić information content (AvgIpc) is 2.53. The van der Waals surface area contributed by atoms with Crippen LogP contribution in [0.5, 0.6) is 0 Å². The quantitative estimate of drug-likeness (QED) is 0.596. The van der Waals surface area contributed by atoms with Crippen LogP contribution in [0.1, 0.15) is 25.7 Å². The molecule has 3 nitrogen and oxygen atoms in total. The molecule has 0 saturated heterocycles. The minimum absolute atomic E-state index is 0.285. The third kappa shape index (κ3) is 3.09. The summed E-state index contributed by atoms with van der Waals surface area (Å²) in [6.45, 7) is 1.21. The van der Waals surface area contributed by atoms with Crippen molar-refractivity contribution in [2.45, 2.75) is 37.8 Å². The molecular formula is C9H19NO2. The second-order valence-corrected chi connectivity index (χ2v) is 3.40. The van der Waals surface area contributed by atoms with Crippen molar-refractivity contribution in [1.29, 1.82) is 0 Å². The summed E-state index contributed by atoms with van der Waals surface area (Å²) >= 11 is 0. The zero-order valence-electron chi connectivity index (χ0n) is 7.75. The summed E-state index contributed by atoms with van der Waals surface area (Å²) in [4.78, 5) is 0. The van der Waals surface area contributed by atoms with Gasteiger partial charge in [0.1, 0.15) is 0 Å². The van der Waals surface area contributed by atoms with E-state index >= 15 is 0 Å². The molecule has 12 heavy (non-hydrogen) atoms. The van der Waals surface area contributed by atoms with E-state index in [0.29, 0.717) is 12.1 Å². The zero-order chi connectivity index (χ0) is 8.81. The topological polar surface area (TPSA) is 41.5 Å². The van der Waals surface area contributed by atoms with Crippen molar-refractivity contribution in [3.05, 3.63) is 0 Å². The fourth-order valence-electron chi connectivity index (χ4n) is 1.72. The van der Waals surface area contributed by atoms with Gasteiger partial charge in [-0.15, -0.1) is 0 Å². The Kier molecular flexibility index (Phi) is 4.58. The molecule has 0 aromatic carbocycles. The molecular weight excluding hydrogens is 154 g/mol. The van der Waals surface area contributed by atoms with Crippen molar-refractivity contribution in [1.82, 2.24) is 5.32 Å². The molecule has 1 rings (SSSR count). The van der Waals surface area contributed by atoms with E-state index in [0.717, 1.165) is 19.4 Å². The zero-order valence-corrected chi connectivity index (χ0v) is 7.75. The predicted molar refractivity (Wildman–Crippen MR) is 48.1 cm³/mol. The van der Waals surface area contributed by atoms with Crippen LogP contribution in [0.15, 0.2) is 0 Å². The van der Waals surface area contributed by atoms with Crippen LogP contribution in [0.3, 0.4) is 0 Å². The number of methoxy groups -OCH3 is 1.